The average molecular weight is 348 g/mol. The number of halogens is 2. The molecule has 3 rings (SSSR count). The largest absolute Gasteiger partial charge is 0.493 e. The quantitative estimate of drug-likeness (QED) is 0.864. The summed E-state index contributed by atoms with van der Waals surface area (Å²) < 4.78 is 36.7. The molecule has 0 aromatic heterocycles. The van der Waals surface area contributed by atoms with Crippen LogP contribution in [-0.4, -0.2) is 20.3 Å². The molecule has 132 valence electrons. The van der Waals surface area contributed by atoms with Crippen molar-refractivity contribution in [3.63, 3.8) is 0 Å². The number of amides is 2. The Morgan fingerprint density at radius 2 is 1.72 bits per heavy atom. The van der Waals surface area contributed by atoms with Gasteiger partial charge in [-0.05, 0) is 42.7 Å². The van der Waals surface area contributed by atoms with Gasteiger partial charge in [0, 0.05) is 11.8 Å². The van der Waals surface area contributed by atoms with Crippen molar-refractivity contribution in [1.82, 2.24) is 5.32 Å². The van der Waals surface area contributed by atoms with Gasteiger partial charge >= 0.3 is 6.03 Å². The van der Waals surface area contributed by atoms with Crippen molar-refractivity contribution in [3.8, 4) is 11.5 Å². The lowest BCUT2D eigenvalue weighted by atomic mass is 10.0. The van der Waals surface area contributed by atoms with Gasteiger partial charge in [0.15, 0.2) is 23.1 Å². The molecular formula is C18H18F2N2O3. The molecule has 1 aliphatic rings. The Bertz CT molecular complexity index is 807. The van der Waals surface area contributed by atoms with Crippen LogP contribution >= 0.6 is 0 Å². The van der Waals surface area contributed by atoms with Crippen LogP contribution in [0.25, 0.3) is 0 Å². The number of ether oxygens (including phenoxy) is 2. The zero-order valence-corrected chi connectivity index (χ0v) is 13.9. The molecule has 1 aliphatic carbocycles. The Balaban J connectivity index is 1.73. The number of rotatable bonds is 5. The van der Waals surface area contributed by atoms with Gasteiger partial charge in [-0.1, -0.05) is 6.07 Å². The third-order valence-electron chi connectivity index (χ3n) is 4.22. The normalized spacial score (nSPS) is 14.6. The maximum Gasteiger partial charge on any atom is 0.319 e. The summed E-state index contributed by atoms with van der Waals surface area (Å²) in [7, 11) is 3.10. The van der Waals surface area contributed by atoms with E-state index >= 15 is 0 Å². The molecule has 0 spiro atoms. The molecule has 2 N–H and O–H groups in total. The average Bonchev–Trinajstić information content (AvgIpc) is 3.38. The van der Waals surface area contributed by atoms with Crippen molar-refractivity contribution in [2.75, 3.05) is 19.5 Å². The fourth-order valence-electron chi connectivity index (χ4n) is 2.70. The van der Waals surface area contributed by atoms with E-state index in [0.29, 0.717) is 11.5 Å². The first-order valence-electron chi connectivity index (χ1n) is 7.74. The Kier molecular flexibility index (Phi) is 4.48. The first-order chi connectivity index (χ1) is 12.0. The molecule has 0 bridgehead atoms. The fourth-order valence-corrected chi connectivity index (χ4v) is 2.70. The highest BCUT2D eigenvalue weighted by molar-refractivity contribution is 5.90. The van der Waals surface area contributed by atoms with Crippen LogP contribution in [0.2, 0.25) is 0 Å². The maximum atomic E-state index is 13.2. The summed E-state index contributed by atoms with van der Waals surface area (Å²) in [5.41, 5.74) is 0.576. The Morgan fingerprint density at radius 1 is 1.00 bits per heavy atom. The van der Waals surface area contributed by atoms with Crippen LogP contribution in [0.5, 0.6) is 11.5 Å². The van der Waals surface area contributed by atoms with E-state index < -0.39 is 23.2 Å². The van der Waals surface area contributed by atoms with Crippen LogP contribution in [0.3, 0.4) is 0 Å². The van der Waals surface area contributed by atoms with Gasteiger partial charge in [-0.25, -0.2) is 13.6 Å². The summed E-state index contributed by atoms with van der Waals surface area (Å²) in [6.45, 7) is 0. The summed E-state index contributed by atoms with van der Waals surface area (Å²) >= 11 is 0. The lowest BCUT2D eigenvalue weighted by Gasteiger charge is -2.20. The van der Waals surface area contributed by atoms with Gasteiger partial charge in [-0.3, -0.25) is 0 Å². The first kappa shape index (κ1) is 17.0. The number of nitrogens with one attached hydrogen (secondary N) is 2. The SMILES string of the molecule is COc1ccc(C2(NC(=O)Nc3ccc(F)c(F)c3)CC2)cc1OC. The van der Waals surface area contributed by atoms with Crippen molar-refractivity contribution in [3.05, 3.63) is 53.6 Å². The molecule has 2 amide bonds. The Morgan fingerprint density at radius 3 is 2.32 bits per heavy atom. The smallest absolute Gasteiger partial charge is 0.319 e. The number of hydrogen-bond donors (Lipinski definition) is 2. The molecule has 0 radical (unpaired) electrons. The van der Waals surface area contributed by atoms with Gasteiger partial charge in [-0.2, -0.15) is 0 Å². The number of carbonyl (C=O) groups is 1. The van der Waals surface area contributed by atoms with Gasteiger partial charge in [0.1, 0.15) is 0 Å². The molecule has 0 aliphatic heterocycles. The van der Waals surface area contributed by atoms with Gasteiger partial charge in [0.25, 0.3) is 0 Å². The first-order valence-corrected chi connectivity index (χ1v) is 7.74. The molecule has 0 heterocycles. The number of benzene rings is 2. The molecule has 1 fully saturated rings. The topological polar surface area (TPSA) is 59.6 Å². The van der Waals surface area contributed by atoms with Gasteiger partial charge in [-0.15, -0.1) is 0 Å². The molecule has 0 unspecified atom stereocenters. The molecule has 2 aromatic rings. The Labute approximate surface area is 143 Å². The summed E-state index contributed by atoms with van der Waals surface area (Å²) in [4.78, 5) is 12.2. The van der Waals surface area contributed by atoms with E-state index in [9.17, 15) is 13.6 Å². The van der Waals surface area contributed by atoms with Gasteiger partial charge in [0.05, 0.1) is 19.8 Å². The van der Waals surface area contributed by atoms with Gasteiger partial charge in [0.2, 0.25) is 0 Å². The highest BCUT2D eigenvalue weighted by atomic mass is 19.2. The van der Waals surface area contributed by atoms with Crippen LogP contribution in [0.1, 0.15) is 18.4 Å². The van der Waals surface area contributed by atoms with Crippen LogP contribution in [0.4, 0.5) is 19.3 Å². The van der Waals surface area contributed by atoms with Crippen LogP contribution in [0.15, 0.2) is 36.4 Å². The highest BCUT2D eigenvalue weighted by Crippen LogP contribution is 2.47. The number of carbonyl (C=O) groups excluding carboxylic acids is 1. The maximum absolute atomic E-state index is 13.2. The number of anilines is 1. The fraction of sp³-hybridized carbons (Fsp3) is 0.278. The highest BCUT2D eigenvalue weighted by Gasteiger charge is 2.46. The zero-order valence-electron chi connectivity index (χ0n) is 13.9. The molecule has 0 atom stereocenters. The molecule has 25 heavy (non-hydrogen) atoms. The number of hydrogen-bond acceptors (Lipinski definition) is 3. The Hall–Kier alpha value is -2.83. The van der Waals surface area contributed by atoms with Crippen molar-refractivity contribution < 1.29 is 23.0 Å². The van der Waals surface area contributed by atoms with E-state index in [1.807, 2.05) is 12.1 Å². The number of methoxy groups -OCH3 is 2. The summed E-state index contributed by atoms with van der Waals surface area (Å²) in [5, 5.41) is 5.41. The summed E-state index contributed by atoms with van der Waals surface area (Å²) in [5.74, 6) is -0.795. The van der Waals surface area contributed by atoms with E-state index in [2.05, 4.69) is 10.6 Å². The number of urea groups is 1. The monoisotopic (exact) mass is 348 g/mol. The predicted octanol–water partition coefficient (Wildman–Crippen LogP) is 3.79. The molecule has 2 aromatic carbocycles. The minimum absolute atomic E-state index is 0.180. The molecular weight excluding hydrogens is 330 g/mol. The molecule has 5 nitrogen and oxygen atoms in total. The molecule has 1 saturated carbocycles. The van der Waals surface area contributed by atoms with Gasteiger partial charge < -0.3 is 20.1 Å². The van der Waals surface area contributed by atoms with E-state index in [4.69, 9.17) is 9.47 Å². The molecule has 0 saturated heterocycles. The van der Waals surface area contributed by atoms with E-state index in [1.54, 1.807) is 20.3 Å². The standard InChI is InChI=1S/C18H18F2N2O3/c1-24-15-6-3-11(9-16(15)25-2)18(7-8-18)22-17(23)21-12-4-5-13(19)14(20)10-12/h3-6,9-10H,7-8H2,1-2H3,(H2,21,22,23). The lowest BCUT2D eigenvalue weighted by molar-refractivity contribution is 0.247. The lowest BCUT2D eigenvalue weighted by Crippen LogP contribution is -2.38. The predicted molar refractivity (Wildman–Crippen MR) is 89.0 cm³/mol. The van der Waals surface area contributed by atoms with E-state index in [-0.39, 0.29) is 5.69 Å². The van der Waals surface area contributed by atoms with Crippen molar-refractivity contribution >= 4 is 11.7 Å². The van der Waals surface area contributed by atoms with Crippen LogP contribution < -0.4 is 20.1 Å². The summed E-state index contributed by atoms with van der Waals surface area (Å²) in [6.07, 6.45) is 1.54. The third-order valence-corrected chi connectivity index (χ3v) is 4.22. The van der Waals surface area contributed by atoms with Crippen molar-refractivity contribution in [2.24, 2.45) is 0 Å². The zero-order chi connectivity index (χ0) is 18.0. The second-order valence-electron chi connectivity index (χ2n) is 5.86. The summed E-state index contributed by atoms with van der Waals surface area (Å²) in [6, 6.07) is 8.18. The third kappa shape index (κ3) is 3.50. The molecule has 7 heteroatoms. The van der Waals surface area contributed by atoms with E-state index in [1.165, 1.54) is 6.07 Å². The second-order valence-corrected chi connectivity index (χ2v) is 5.86. The minimum atomic E-state index is -1.01. The van der Waals surface area contributed by atoms with Crippen LogP contribution in [0, 0.1) is 11.6 Å². The second kappa shape index (κ2) is 6.58. The minimum Gasteiger partial charge on any atom is -0.493 e. The van der Waals surface area contributed by atoms with Crippen molar-refractivity contribution in [1.29, 1.82) is 0 Å². The van der Waals surface area contributed by atoms with Crippen LogP contribution in [-0.2, 0) is 5.54 Å². The van der Waals surface area contributed by atoms with E-state index in [0.717, 1.165) is 30.5 Å². The van der Waals surface area contributed by atoms with Crippen molar-refractivity contribution in [2.45, 2.75) is 18.4 Å².